The van der Waals surface area contributed by atoms with E-state index in [1.165, 1.54) is 12.2 Å². The lowest BCUT2D eigenvalue weighted by Crippen LogP contribution is -2.24. The molecule has 3 N–H and O–H groups in total. The van der Waals surface area contributed by atoms with Crippen LogP contribution in [0, 0.1) is 0 Å². The Hall–Kier alpha value is -1.38. The molecule has 0 fully saturated rings. The molecule has 0 atom stereocenters. The Kier molecular flexibility index (Phi) is 5.10. The van der Waals surface area contributed by atoms with Crippen LogP contribution in [-0.2, 0) is 16.2 Å². The van der Waals surface area contributed by atoms with Crippen LogP contribution in [0.4, 0.5) is 13.2 Å². The Balaban J connectivity index is 2.93. The molecule has 19 heavy (non-hydrogen) atoms. The van der Waals surface area contributed by atoms with E-state index >= 15 is 0 Å². The molecule has 1 aromatic carbocycles. The van der Waals surface area contributed by atoms with Gasteiger partial charge in [0.25, 0.3) is 0 Å². The highest BCUT2D eigenvalue weighted by Gasteiger charge is 2.31. The molecule has 0 aliphatic rings. The lowest BCUT2D eigenvalue weighted by Gasteiger charge is -2.09. The smallest absolute Gasteiger partial charge is 0.327 e. The molecule has 0 unspecified atom stereocenters. The predicted octanol–water partition coefficient (Wildman–Crippen LogP) is 1.50. The zero-order valence-electron chi connectivity index (χ0n) is 9.81. The van der Waals surface area contributed by atoms with Gasteiger partial charge in [0, 0.05) is 13.1 Å². The molecule has 1 aromatic rings. The molecule has 0 spiro atoms. The summed E-state index contributed by atoms with van der Waals surface area (Å²) in [6.07, 6.45) is -1.56. The van der Waals surface area contributed by atoms with Gasteiger partial charge < -0.3 is 5.73 Å². The van der Waals surface area contributed by atoms with Crippen molar-refractivity contribution in [2.75, 3.05) is 13.1 Å². The van der Waals surface area contributed by atoms with Gasteiger partial charge in [-0.2, -0.15) is 13.2 Å². The quantitative estimate of drug-likeness (QED) is 0.808. The molecule has 0 amide bonds. The molecular weight excluding hydrogens is 281 g/mol. The van der Waals surface area contributed by atoms with Crippen LogP contribution < -0.4 is 10.5 Å². The summed E-state index contributed by atoms with van der Waals surface area (Å²) in [5, 5.41) is 0. The van der Waals surface area contributed by atoms with E-state index in [1.807, 2.05) is 0 Å². The number of halogens is 3. The summed E-state index contributed by atoms with van der Waals surface area (Å²) in [5.41, 5.74) is 4.16. The Morgan fingerprint density at radius 2 is 1.95 bits per heavy atom. The van der Waals surface area contributed by atoms with Gasteiger partial charge in [0.05, 0.1) is 10.5 Å². The first-order valence-corrected chi connectivity index (χ1v) is 6.77. The van der Waals surface area contributed by atoms with Gasteiger partial charge in [0.2, 0.25) is 10.0 Å². The van der Waals surface area contributed by atoms with Gasteiger partial charge in [-0.15, -0.1) is 0 Å². The Morgan fingerprint density at radius 3 is 2.53 bits per heavy atom. The second-order valence-corrected chi connectivity index (χ2v) is 5.35. The maximum absolute atomic E-state index is 12.5. The zero-order chi connectivity index (χ0) is 14.5. The van der Waals surface area contributed by atoms with Crippen LogP contribution in [0.2, 0.25) is 0 Å². The minimum atomic E-state index is -4.58. The number of nitrogens with one attached hydrogen (secondary N) is 1. The summed E-state index contributed by atoms with van der Waals surface area (Å²) >= 11 is 0. The van der Waals surface area contributed by atoms with E-state index in [0.29, 0.717) is 6.07 Å². The van der Waals surface area contributed by atoms with E-state index in [-0.39, 0.29) is 13.1 Å². The third kappa shape index (κ3) is 4.66. The molecule has 0 heterocycles. The monoisotopic (exact) mass is 294 g/mol. The fourth-order valence-electron chi connectivity index (χ4n) is 1.26. The van der Waals surface area contributed by atoms with Gasteiger partial charge in [-0.25, -0.2) is 13.1 Å². The van der Waals surface area contributed by atoms with Crippen LogP contribution >= 0.6 is 0 Å². The molecule has 4 nitrogen and oxygen atoms in total. The number of hydrogen-bond acceptors (Lipinski definition) is 3. The van der Waals surface area contributed by atoms with Crippen molar-refractivity contribution in [3.05, 3.63) is 42.0 Å². The predicted molar refractivity (Wildman–Crippen MR) is 64.8 cm³/mol. The summed E-state index contributed by atoms with van der Waals surface area (Å²) in [6.45, 7) is 0.223. The summed E-state index contributed by atoms with van der Waals surface area (Å²) < 4.78 is 63.0. The van der Waals surface area contributed by atoms with Crippen molar-refractivity contribution in [1.82, 2.24) is 4.72 Å². The second kappa shape index (κ2) is 6.18. The Morgan fingerprint density at radius 1 is 1.26 bits per heavy atom. The summed E-state index contributed by atoms with van der Waals surface area (Å²) in [7, 11) is -3.97. The standard InChI is InChI=1S/C11H13F3N2O2S/c12-11(13,14)9-4-3-5-10(8-9)19(17,18)16-7-2-1-6-15/h1-5,8,16H,6-7,15H2/b2-1+. The molecule has 106 valence electrons. The maximum Gasteiger partial charge on any atom is 0.416 e. The molecule has 0 radical (unpaired) electrons. The first-order chi connectivity index (χ1) is 8.77. The SMILES string of the molecule is NC/C=C/CNS(=O)(=O)c1cccc(C(F)(F)F)c1. The molecule has 0 saturated heterocycles. The van der Waals surface area contributed by atoms with Crippen LogP contribution in [0.1, 0.15) is 5.56 Å². The molecule has 8 heteroatoms. The van der Waals surface area contributed by atoms with E-state index in [2.05, 4.69) is 4.72 Å². The van der Waals surface area contributed by atoms with E-state index in [4.69, 9.17) is 5.73 Å². The highest BCUT2D eigenvalue weighted by molar-refractivity contribution is 7.89. The van der Waals surface area contributed by atoms with Crippen molar-refractivity contribution in [3.8, 4) is 0 Å². The van der Waals surface area contributed by atoms with Crippen LogP contribution in [0.3, 0.4) is 0 Å². The Bertz CT molecular complexity index is 553. The van der Waals surface area contributed by atoms with E-state index in [1.54, 1.807) is 0 Å². The summed E-state index contributed by atoms with van der Waals surface area (Å²) in [6, 6.07) is 3.56. The minimum absolute atomic E-state index is 0.0320. The van der Waals surface area contributed by atoms with Gasteiger partial charge in [-0.3, -0.25) is 0 Å². The van der Waals surface area contributed by atoms with Crippen LogP contribution in [-0.4, -0.2) is 21.5 Å². The van der Waals surface area contributed by atoms with Gasteiger partial charge in [0.15, 0.2) is 0 Å². The lowest BCUT2D eigenvalue weighted by atomic mass is 10.2. The lowest BCUT2D eigenvalue weighted by molar-refractivity contribution is -0.137. The van der Waals surface area contributed by atoms with E-state index < -0.39 is 26.7 Å². The number of benzene rings is 1. The number of alkyl halides is 3. The fraction of sp³-hybridized carbons (Fsp3) is 0.273. The van der Waals surface area contributed by atoms with Crippen LogP contribution in [0.25, 0.3) is 0 Å². The van der Waals surface area contributed by atoms with Crippen molar-refractivity contribution >= 4 is 10.0 Å². The van der Waals surface area contributed by atoms with Gasteiger partial charge in [0.1, 0.15) is 0 Å². The maximum atomic E-state index is 12.5. The Labute approximate surface area is 109 Å². The molecule has 0 aromatic heterocycles. The third-order valence-corrected chi connectivity index (χ3v) is 3.59. The minimum Gasteiger partial charge on any atom is -0.327 e. The van der Waals surface area contributed by atoms with Gasteiger partial charge in [-0.05, 0) is 18.2 Å². The van der Waals surface area contributed by atoms with Crippen molar-refractivity contribution in [3.63, 3.8) is 0 Å². The second-order valence-electron chi connectivity index (χ2n) is 3.58. The molecule has 0 saturated carbocycles. The van der Waals surface area contributed by atoms with Crippen LogP contribution in [0.5, 0.6) is 0 Å². The number of hydrogen-bond donors (Lipinski definition) is 2. The van der Waals surface area contributed by atoms with Crippen LogP contribution in [0.15, 0.2) is 41.3 Å². The van der Waals surface area contributed by atoms with E-state index in [0.717, 1.165) is 18.2 Å². The van der Waals surface area contributed by atoms with Crippen molar-refractivity contribution in [1.29, 1.82) is 0 Å². The largest absolute Gasteiger partial charge is 0.416 e. The molecular formula is C11H13F3N2O2S. The average molecular weight is 294 g/mol. The number of nitrogens with two attached hydrogens (primary N) is 1. The average Bonchev–Trinajstić information content (AvgIpc) is 2.34. The topological polar surface area (TPSA) is 72.2 Å². The van der Waals surface area contributed by atoms with Gasteiger partial charge in [-0.1, -0.05) is 18.2 Å². The highest BCUT2D eigenvalue weighted by atomic mass is 32.2. The zero-order valence-corrected chi connectivity index (χ0v) is 10.6. The number of rotatable bonds is 5. The third-order valence-electron chi connectivity index (χ3n) is 2.17. The molecule has 0 aliphatic heterocycles. The van der Waals surface area contributed by atoms with Crippen molar-refractivity contribution < 1.29 is 21.6 Å². The first kappa shape index (κ1) is 15.7. The number of sulfonamides is 1. The molecule has 0 bridgehead atoms. The fourth-order valence-corrected chi connectivity index (χ4v) is 2.28. The van der Waals surface area contributed by atoms with Crippen molar-refractivity contribution in [2.24, 2.45) is 5.73 Å². The van der Waals surface area contributed by atoms with Gasteiger partial charge >= 0.3 is 6.18 Å². The van der Waals surface area contributed by atoms with Crippen molar-refractivity contribution in [2.45, 2.75) is 11.1 Å². The van der Waals surface area contributed by atoms with E-state index in [9.17, 15) is 21.6 Å². The molecule has 0 aliphatic carbocycles. The summed E-state index contributed by atoms with van der Waals surface area (Å²) in [4.78, 5) is -0.427. The normalized spacial score (nSPS) is 13.1. The highest BCUT2D eigenvalue weighted by Crippen LogP contribution is 2.30. The first-order valence-electron chi connectivity index (χ1n) is 5.29. The summed E-state index contributed by atoms with van der Waals surface area (Å²) in [5.74, 6) is 0. The molecule has 1 rings (SSSR count).